The minimum Gasteiger partial charge on any atom is -0.352 e. The molecule has 0 aliphatic carbocycles. The fourth-order valence-corrected chi connectivity index (χ4v) is 2.58. The van der Waals surface area contributed by atoms with Crippen LogP contribution in [0.5, 0.6) is 0 Å². The van der Waals surface area contributed by atoms with Crippen LogP contribution in [-0.2, 0) is 11.3 Å². The SMILES string of the molecule is Cl.Cl.O=C1NC(NCc2ccc(F)cc2)=NC1=Cc1c[nH]c2ncccc12. The second kappa shape index (κ2) is 8.66. The normalized spacial score (nSPS) is 14.3. The molecule has 0 atom stereocenters. The van der Waals surface area contributed by atoms with Crippen molar-refractivity contribution in [3.05, 3.63) is 71.4 Å². The predicted octanol–water partition coefficient (Wildman–Crippen LogP) is 3.16. The molecular weight excluding hydrogens is 392 g/mol. The fraction of sp³-hybridized carbons (Fsp3) is 0.0556. The Kier molecular flexibility index (Phi) is 6.55. The molecule has 0 spiro atoms. The number of aliphatic imine (C=N–C) groups is 1. The van der Waals surface area contributed by atoms with E-state index < -0.39 is 0 Å². The molecule has 0 radical (unpaired) electrons. The van der Waals surface area contributed by atoms with Crippen molar-refractivity contribution in [2.75, 3.05) is 0 Å². The molecule has 0 unspecified atom stereocenters. The maximum Gasteiger partial charge on any atom is 0.276 e. The lowest BCUT2D eigenvalue weighted by Gasteiger charge is -2.05. The van der Waals surface area contributed by atoms with Crippen molar-refractivity contribution >= 4 is 53.8 Å². The van der Waals surface area contributed by atoms with Crippen molar-refractivity contribution in [1.29, 1.82) is 0 Å². The van der Waals surface area contributed by atoms with E-state index in [4.69, 9.17) is 0 Å². The van der Waals surface area contributed by atoms with Crippen molar-refractivity contribution in [2.24, 2.45) is 4.99 Å². The molecule has 1 aliphatic rings. The second-order valence-corrected chi connectivity index (χ2v) is 5.57. The zero-order valence-corrected chi connectivity index (χ0v) is 15.5. The highest BCUT2D eigenvalue weighted by atomic mass is 35.5. The quantitative estimate of drug-likeness (QED) is 0.583. The molecule has 0 fully saturated rings. The number of aromatic nitrogens is 2. The number of nitrogens with zero attached hydrogens (tertiary/aromatic N) is 2. The van der Waals surface area contributed by atoms with E-state index in [0.717, 1.165) is 22.2 Å². The lowest BCUT2D eigenvalue weighted by Crippen LogP contribution is -2.35. The van der Waals surface area contributed by atoms with Gasteiger partial charge in [0.15, 0.2) is 0 Å². The summed E-state index contributed by atoms with van der Waals surface area (Å²) in [4.78, 5) is 23.7. The number of pyridine rings is 1. The molecule has 3 N–H and O–H groups in total. The number of H-pyrrole nitrogens is 1. The third kappa shape index (κ3) is 4.45. The van der Waals surface area contributed by atoms with Crippen LogP contribution in [0.25, 0.3) is 17.1 Å². The van der Waals surface area contributed by atoms with Gasteiger partial charge in [-0.15, -0.1) is 24.8 Å². The smallest absolute Gasteiger partial charge is 0.276 e. The summed E-state index contributed by atoms with van der Waals surface area (Å²) < 4.78 is 12.9. The van der Waals surface area contributed by atoms with E-state index >= 15 is 0 Å². The monoisotopic (exact) mass is 407 g/mol. The third-order valence-corrected chi connectivity index (χ3v) is 3.85. The number of aromatic amines is 1. The van der Waals surface area contributed by atoms with Crippen molar-refractivity contribution in [2.45, 2.75) is 6.54 Å². The van der Waals surface area contributed by atoms with Gasteiger partial charge in [-0.05, 0) is 35.9 Å². The van der Waals surface area contributed by atoms with Crippen LogP contribution in [-0.4, -0.2) is 21.8 Å². The molecule has 0 saturated carbocycles. The van der Waals surface area contributed by atoms with Crippen LogP contribution < -0.4 is 10.6 Å². The summed E-state index contributed by atoms with van der Waals surface area (Å²) in [5.41, 5.74) is 2.80. The number of hydrogen-bond acceptors (Lipinski definition) is 4. The maximum absolute atomic E-state index is 12.9. The predicted molar refractivity (Wildman–Crippen MR) is 107 cm³/mol. The molecule has 6 nitrogen and oxygen atoms in total. The van der Waals surface area contributed by atoms with Crippen LogP contribution in [0.15, 0.2) is 59.5 Å². The molecule has 1 aromatic carbocycles. The summed E-state index contributed by atoms with van der Waals surface area (Å²) in [7, 11) is 0. The van der Waals surface area contributed by atoms with E-state index in [0.29, 0.717) is 18.2 Å². The van der Waals surface area contributed by atoms with E-state index in [1.165, 1.54) is 12.1 Å². The van der Waals surface area contributed by atoms with Gasteiger partial charge >= 0.3 is 0 Å². The van der Waals surface area contributed by atoms with E-state index in [9.17, 15) is 9.18 Å². The van der Waals surface area contributed by atoms with Gasteiger partial charge in [0.1, 0.15) is 17.2 Å². The minimum absolute atomic E-state index is 0. The first-order valence-corrected chi connectivity index (χ1v) is 7.71. The van der Waals surface area contributed by atoms with Crippen LogP contribution in [0, 0.1) is 5.82 Å². The van der Waals surface area contributed by atoms with Crippen LogP contribution >= 0.6 is 24.8 Å². The molecule has 1 amide bonds. The highest BCUT2D eigenvalue weighted by molar-refractivity contribution is 6.14. The molecule has 3 heterocycles. The van der Waals surface area contributed by atoms with Crippen molar-refractivity contribution in [3.63, 3.8) is 0 Å². The molecule has 140 valence electrons. The molecule has 27 heavy (non-hydrogen) atoms. The Labute approximate surface area is 166 Å². The Morgan fingerprint density at radius 3 is 2.70 bits per heavy atom. The number of guanidine groups is 1. The van der Waals surface area contributed by atoms with Crippen molar-refractivity contribution in [3.8, 4) is 0 Å². The molecule has 1 aliphatic heterocycles. The van der Waals surface area contributed by atoms with Gasteiger partial charge in [0, 0.05) is 29.9 Å². The standard InChI is InChI=1S/C18H14FN5O.2ClH/c19-13-5-3-11(4-6-13)9-22-18-23-15(17(25)24-18)8-12-10-21-16-14(12)2-1-7-20-16;;/h1-8,10H,9H2,(H,20,21)(H2,22,23,24,25);2*1H. The van der Waals surface area contributed by atoms with Gasteiger partial charge < -0.3 is 10.3 Å². The molecule has 2 aromatic heterocycles. The van der Waals surface area contributed by atoms with Gasteiger partial charge in [-0.3, -0.25) is 10.1 Å². The molecule has 9 heteroatoms. The highest BCUT2D eigenvalue weighted by Gasteiger charge is 2.20. The zero-order valence-electron chi connectivity index (χ0n) is 13.9. The summed E-state index contributed by atoms with van der Waals surface area (Å²) >= 11 is 0. The lowest BCUT2D eigenvalue weighted by atomic mass is 10.2. The molecule has 0 saturated heterocycles. The molecule has 3 aromatic rings. The first kappa shape index (κ1) is 20.4. The van der Waals surface area contributed by atoms with Gasteiger partial charge in [-0.2, -0.15) is 0 Å². The molecular formula is C18H16Cl2FN5O. The number of benzene rings is 1. The van der Waals surface area contributed by atoms with Crippen LogP contribution in [0.3, 0.4) is 0 Å². The van der Waals surface area contributed by atoms with Crippen LogP contribution in [0.2, 0.25) is 0 Å². The molecule has 4 rings (SSSR count). The van der Waals surface area contributed by atoms with E-state index in [-0.39, 0.29) is 36.5 Å². The third-order valence-electron chi connectivity index (χ3n) is 3.85. The Morgan fingerprint density at radius 2 is 1.93 bits per heavy atom. The van der Waals surface area contributed by atoms with Gasteiger partial charge in [-0.1, -0.05) is 12.1 Å². The Balaban J connectivity index is 0.00000131. The van der Waals surface area contributed by atoms with Gasteiger partial charge in [0.05, 0.1) is 0 Å². The first-order chi connectivity index (χ1) is 12.2. The average Bonchev–Trinajstić information content (AvgIpc) is 3.19. The number of hydrogen-bond donors (Lipinski definition) is 3. The largest absolute Gasteiger partial charge is 0.352 e. The average molecular weight is 408 g/mol. The van der Waals surface area contributed by atoms with E-state index in [2.05, 4.69) is 25.6 Å². The summed E-state index contributed by atoms with van der Waals surface area (Å²) in [6.07, 6.45) is 5.20. The van der Waals surface area contributed by atoms with Crippen molar-refractivity contribution in [1.82, 2.24) is 20.6 Å². The summed E-state index contributed by atoms with van der Waals surface area (Å²) in [6.45, 7) is 0.434. The van der Waals surface area contributed by atoms with E-state index in [1.54, 1.807) is 30.6 Å². The number of halogens is 3. The second-order valence-electron chi connectivity index (χ2n) is 5.57. The fourth-order valence-electron chi connectivity index (χ4n) is 2.58. The van der Waals surface area contributed by atoms with Crippen LogP contribution in [0.1, 0.15) is 11.1 Å². The summed E-state index contributed by atoms with van der Waals surface area (Å²) in [5, 5.41) is 6.63. The number of carbonyl (C=O) groups excluding carboxylic acids is 1. The van der Waals surface area contributed by atoms with Gasteiger partial charge in [0.2, 0.25) is 5.96 Å². The number of nitrogens with one attached hydrogen (secondary N) is 3. The van der Waals surface area contributed by atoms with Crippen LogP contribution in [0.4, 0.5) is 4.39 Å². The molecule has 0 bridgehead atoms. The Morgan fingerprint density at radius 1 is 1.15 bits per heavy atom. The van der Waals surface area contributed by atoms with Crippen molar-refractivity contribution < 1.29 is 9.18 Å². The van der Waals surface area contributed by atoms with Gasteiger partial charge in [-0.25, -0.2) is 14.4 Å². The number of amides is 1. The van der Waals surface area contributed by atoms with Gasteiger partial charge in [0.25, 0.3) is 5.91 Å². The number of fused-ring (bicyclic) bond motifs is 1. The maximum atomic E-state index is 12.9. The Hall–Kier alpha value is -2.90. The lowest BCUT2D eigenvalue weighted by molar-refractivity contribution is -0.115. The summed E-state index contributed by atoms with van der Waals surface area (Å²) in [6, 6.07) is 9.90. The number of rotatable bonds is 3. The number of carbonyl (C=O) groups is 1. The Bertz CT molecular complexity index is 1010. The zero-order chi connectivity index (χ0) is 17.2. The highest BCUT2D eigenvalue weighted by Crippen LogP contribution is 2.20. The summed E-state index contributed by atoms with van der Waals surface area (Å²) in [5.74, 6) is -0.188. The minimum atomic E-state index is -0.284. The first-order valence-electron chi connectivity index (χ1n) is 7.71. The van der Waals surface area contributed by atoms with E-state index in [1.807, 2.05) is 12.1 Å². The topological polar surface area (TPSA) is 82.2 Å².